The minimum atomic E-state index is -0.108. The molecule has 2 aromatic heterocycles. The van der Waals surface area contributed by atoms with Gasteiger partial charge in [0.2, 0.25) is 5.91 Å². The van der Waals surface area contributed by atoms with E-state index in [1.165, 1.54) is 38.2 Å². The fourth-order valence-corrected chi connectivity index (χ4v) is 4.84. The topological polar surface area (TPSA) is 74.2 Å². The highest BCUT2D eigenvalue weighted by Crippen LogP contribution is 2.58. The molecule has 0 aromatic carbocycles. The van der Waals surface area contributed by atoms with Crippen molar-refractivity contribution in [3.63, 3.8) is 0 Å². The van der Waals surface area contributed by atoms with Crippen LogP contribution in [0.5, 0.6) is 0 Å². The molecule has 0 radical (unpaired) electrons. The van der Waals surface area contributed by atoms with Crippen LogP contribution in [-0.2, 0) is 10.2 Å². The highest BCUT2D eigenvalue weighted by Gasteiger charge is 2.52. The Balaban J connectivity index is 1.54. The molecule has 1 atom stereocenters. The molecule has 1 aliphatic carbocycles. The molecular weight excluding hydrogens is 364 g/mol. The number of likely N-dealkylation sites (tertiary alicyclic amines) is 1. The van der Waals surface area contributed by atoms with Crippen LogP contribution in [0.1, 0.15) is 62.2 Å². The van der Waals surface area contributed by atoms with E-state index >= 15 is 0 Å². The van der Waals surface area contributed by atoms with Gasteiger partial charge in [-0.25, -0.2) is 15.0 Å². The maximum absolute atomic E-state index is 11.5. The number of nitrogens with one attached hydrogen (secondary N) is 1. The number of nitrogens with zero attached hydrogens (tertiary/aromatic N) is 5. The van der Waals surface area contributed by atoms with Gasteiger partial charge in [0.1, 0.15) is 17.5 Å². The second-order valence-electron chi connectivity index (χ2n) is 8.85. The van der Waals surface area contributed by atoms with E-state index in [1.807, 2.05) is 12.3 Å². The summed E-state index contributed by atoms with van der Waals surface area (Å²) in [5.74, 6) is 2.37. The number of aromatic nitrogens is 3. The van der Waals surface area contributed by atoms with E-state index in [-0.39, 0.29) is 17.4 Å². The van der Waals surface area contributed by atoms with Gasteiger partial charge >= 0.3 is 0 Å². The Labute approximate surface area is 171 Å². The van der Waals surface area contributed by atoms with E-state index in [4.69, 9.17) is 9.97 Å². The smallest absolute Gasteiger partial charge is 0.222 e. The number of carbonyl (C=O) groups excluding carboxylic acids is 1. The first kappa shape index (κ1) is 18.5. The molecule has 152 valence electrons. The quantitative estimate of drug-likeness (QED) is 0.862. The molecule has 2 fully saturated rings. The van der Waals surface area contributed by atoms with Gasteiger partial charge in [0.25, 0.3) is 0 Å². The number of hydrogen-bond acceptors (Lipinski definition) is 6. The summed E-state index contributed by atoms with van der Waals surface area (Å²) in [5, 5.41) is 2.82. The van der Waals surface area contributed by atoms with Gasteiger partial charge in [-0.1, -0.05) is 6.42 Å². The zero-order chi connectivity index (χ0) is 20.2. The van der Waals surface area contributed by atoms with Crippen LogP contribution in [-0.4, -0.2) is 45.9 Å². The van der Waals surface area contributed by atoms with Crippen LogP contribution in [0.2, 0.25) is 0 Å². The second-order valence-corrected chi connectivity index (χ2v) is 8.85. The first-order chi connectivity index (χ1) is 13.9. The lowest BCUT2D eigenvalue weighted by molar-refractivity contribution is -0.114. The molecule has 1 saturated heterocycles. The Bertz CT molecular complexity index is 970. The van der Waals surface area contributed by atoms with Crippen molar-refractivity contribution >= 4 is 23.2 Å². The fraction of sp³-hybridized carbons (Fsp3) is 0.545. The summed E-state index contributed by atoms with van der Waals surface area (Å²) >= 11 is 0. The van der Waals surface area contributed by atoms with E-state index < -0.39 is 0 Å². The number of pyridine rings is 1. The van der Waals surface area contributed by atoms with Crippen molar-refractivity contribution in [2.45, 2.75) is 57.4 Å². The molecule has 4 heterocycles. The Kier molecular flexibility index (Phi) is 4.31. The van der Waals surface area contributed by atoms with Crippen LogP contribution < -0.4 is 10.2 Å². The summed E-state index contributed by atoms with van der Waals surface area (Å²) in [6, 6.07) is 4.36. The Morgan fingerprint density at radius 2 is 2.07 bits per heavy atom. The number of hydrogen-bond donors (Lipinski definition) is 1. The molecule has 5 rings (SSSR count). The van der Waals surface area contributed by atoms with Gasteiger partial charge in [-0.15, -0.1) is 0 Å². The van der Waals surface area contributed by atoms with E-state index in [0.717, 1.165) is 42.5 Å². The van der Waals surface area contributed by atoms with Gasteiger partial charge in [-0.3, -0.25) is 9.69 Å². The summed E-state index contributed by atoms with van der Waals surface area (Å²) in [4.78, 5) is 30.5. The lowest BCUT2D eigenvalue weighted by Gasteiger charge is -2.32. The fourth-order valence-electron chi connectivity index (χ4n) is 4.84. The van der Waals surface area contributed by atoms with Crippen molar-refractivity contribution < 1.29 is 4.79 Å². The first-order valence-electron chi connectivity index (χ1n) is 10.6. The molecule has 3 aliphatic rings. The number of amides is 1. The summed E-state index contributed by atoms with van der Waals surface area (Å²) in [5.41, 5.74) is 3.58. The molecule has 29 heavy (non-hydrogen) atoms. The Morgan fingerprint density at radius 3 is 2.79 bits per heavy atom. The van der Waals surface area contributed by atoms with Gasteiger partial charge < -0.3 is 10.2 Å². The molecule has 1 amide bonds. The molecule has 2 aromatic rings. The first-order valence-corrected chi connectivity index (χ1v) is 10.6. The largest absolute Gasteiger partial charge is 0.325 e. The number of rotatable bonds is 3. The van der Waals surface area contributed by atoms with E-state index in [2.05, 4.69) is 40.1 Å². The molecule has 1 N–H and O–H groups in total. The number of carbonyl (C=O) groups is 1. The van der Waals surface area contributed by atoms with E-state index in [0.29, 0.717) is 5.82 Å². The third-order valence-corrected chi connectivity index (χ3v) is 6.57. The van der Waals surface area contributed by atoms with Gasteiger partial charge in [0.15, 0.2) is 0 Å². The van der Waals surface area contributed by atoms with Crippen molar-refractivity contribution in [3.05, 3.63) is 35.4 Å². The molecule has 2 aliphatic heterocycles. The second kappa shape index (κ2) is 6.76. The predicted molar refractivity (Wildman–Crippen MR) is 112 cm³/mol. The van der Waals surface area contributed by atoms with E-state index in [9.17, 15) is 4.79 Å². The van der Waals surface area contributed by atoms with Crippen molar-refractivity contribution in [3.8, 4) is 0 Å². The van der Waals surface area contributed by atoms with Crippen LogP contribution in [0.15, 0.2) is 18.3 Å². The highest BCUT2D eigenvalue weighted by molar-refractivity contribution is 5.89. The van der Waals surface area contributed by atoms with Crippen molar-refractivity contribution in [1.29, 1.82) is 0 Å². The Hall–Kier alpha value is -2.54. The van der Waals surface area contributed by atoms with Crippen LogP contribution in [0.25, 0.3) is 0 Å². The number of aryl methyl sites for hydroxylation is 1. The van der Waals surface area contributed by atoms with Gasteiger partial charge in [-0.05, 0) is 46.2 Å². The predicted octanol–water partition coefficient (Wildman–Crippen LogP) is 3.48. The molecule has 7 nitrogen and oxygen atoms in total. The maximum atomic E-state index is 11.5. The van der Waals surface area contributed by atoms with Gasteiger partial charge in [-0.2, -0.15) is 0 Å². The molecule has 1 spiro atoms. The maximum Gasteiger partial charge on any atom is 0.222 e. The molecular formula is C22H28N6O. The number of piperidine rings is 1. The minimum absolute atomic E-state index is 0.108. The Morgan fingerprint density at radius 1 is 1.24 bits per heavy atom. The zero-order valence-electron chi connectivity index (χ0n) is 17.4. The van der Waals surface area contributed by atoms with Crippen molar-refractivity contribution in [2.75, 3.05) is 30.4 Å². The van der Waals surface area contributed by atoms with Crippen LogP contribution in [0.3, 0.4) is 0 Å². The highest BCUT2D eigenvalue weighted by atomic mass is 16.1. The van der Waals surface area contributed by atoms with Crippen molar-refractivity contribution in [1.82, 2.24) is 19.9 Å². The van der Waals surface area contributed by atoms with Crippen LogP contribution >= 0.6 is 0 Å². The summed E-state index contributed by atoms with van der Waals surface area (Å²) < 4.78 is 0. The molecule has 0 bridgehead atoms. The van der Waals surface area contributed by atoms with Crippen LogP contribution in [0, 0.1) is 6.92 Å². The standard InChI is InChI=1S/C22H28N6O/c1-14-10-20(26-21(24-14)17-6-4-5-9-27(17)3)28-13-22(7-8-22)16-12-23-19(11-18(16)28)25-15(2)29/h10-12,17H,4-9,13H2,1-3H3,(H,23,25,29). The van der Waals surface area contributed by atoms with Crippen molar-refractivity contribution in [2.24, 2.45) is 0 Å². The normalized spacial score (nSPS) is 22.6. The van der Waals surface area contributed by atoms with E-state index in [1.54, 1.807) is 0 Å². The number of fused-ring (bicyclic) bond motifs is 2. The zero-order valence-corrected chi connectivity index (χ0v) is 17.4. The lowest BCUT2D eigenvalue weighted by Crippen LogP contribution is -2.31. The minimum Gasteiger partial charge on any atom is -0.325 e. The monoisotopic (exact) mass is 392 g/mol. The molecule has 7 heteroatoms. The van der Waals surface area contributed by atoms with Gasteiger partial charge in [0.05, 0.1) is 11.7 Å². The molecule has 1 unspecified atom stereocenters. The average Bonchev–Trinajstić information content (AvgIpc) is 3.38. The summed E-state index contributed by atoms with van der Waals surface area (Å²) in [6.07, 6.45) is 7.88. The van der Waals surface area contributed by atoms with Gasteiger partial charge in [0, 0.05) is 48.5 Å². The summed E-state index contributed by atoms with van der Waals surface area (Å²) in [6.45, 7) is 5.58. The third kappa shape index (κ3) is 3.27. The number of anilines is 3. The summed E-state index contributed by atoms with van der Waals surface area (Å²) in [7, 11) is 2.17. The average molecular weight is 393 g/mol. The van der Waals surface area contributed by atoms with Crippen LogP contribution in [0.4, 0.5) is 17.3 Å². The SMILES string of the molecule is CC(=O)Nc1cc2c(cn1)C1(CC1)CN2c1cc(C)nc(C2CCCCN2C)n1. The lowest BCUT2D eigenvalue weighted by atomic mass is 10.0. The molecule has 1 saturated carbocycles. The third-order valence-electron chi connectivity index (χ3n) is 6.57.